The molecule has 1 aliphatic heterocycles. The minimum atomic E-state index is 0.142. The molecule has 0 radical (unpaired) electrons. The summed E-state index contributed by atoms with van der Waals surface area (Å²) in [4.78, 5) is 11.3. The molecule has 0 atom stereocenters. The van der Waals surface area contributed by atoms with Crippen LogP contribution in [0.2, 0.25) is 0 Å². The molecule has 0 unspecified atom stereocenters. The second kappa shape index (κ2) is 3.69. The Hall–Kier alpha value is -1.31. The summed E-state index contributed by atoms with van der Waals surface area (Å²) in [6, 6.07) is 4.40. The minimum Gasteiger partial charge on any atom is -0.326 e. The fourth-order valence-corrected chi connectivity index (χ4v) is 2.05. The summed E-state index contributed by atoms with van der Waals surface area (Å²) >= 11 is 0. The Morgan fingerprint density at radius 1 is 1.27 bits per heavy atom. The van der Waals surface area contributed by atoms with Crippen molar-refractivity contribution in [3.63, 3.8) is 0 Å². The Kier molecular flexibility index (Phi) is 2.51. The molecule has 0 aromatic heterocycles. The van der Waals surface area contributed by atoms with Gasteiger partial charge in [-0.15, -0.1) is 0 Å². The molecule has 80 valence electrons. The van der Waals surface area contributed by atoms with Crippen LogP contribution < -0.4 is 5.32 Å². The minimum absolute atomic E-state index is 0.142. The van der Waals surface area contributed by atoms with Crippen LogP contribution in [0.5, 0.6) is 0 Å². The van der Waals surface area contributed by atoms with E-state index in [-0.39, 0.29) is 5.91 Å². The number of aryl methyl sites for hydroxylation is 2. The Morgan fingerprint density at radius 3 is 2.67 bits per heavy atom. The lowest BCUT2D eigenvalue weighted by atomic mass is 9.92. The van der Waals surface area contributed by atoms with Gasteiger partial charge in [0, 0.05) is 12.1 Å². The molecule has 1 heterocycles. The van der Waals surface area contributed by atoms with E-state index < -0.39 is 0 Å². The first kappa shape index (κ1) is 10.2. The van der Waals surface area contributed by atoms with Crippen molar-refractivity contribution >= 4 is 11.6 Å². The monoisotopic (exact) mass is 203 g/mol. The average Bonchev–Trinajstić information content (AvgIpc) is 2.18. The second-order valence-corrected chi connectivity index (χ2v) is 4.57. The predicted octanol–water partition coefficient (Wildman–Crippen LogP) is 3.00. The predicted molar refractivity (Wildman–Crippen MR) is 62.2 cm³/mol. The lowest BCUT2D eigenvalue weighted by Gasteiger charge is -2.21. The molecule has 1 aliphatic rings. The third kappa shape index (κ3) is 1.89. The van der Waals surface area contributed by atoms with E-state index in [1.54, 1.807) is 0 Å². The van der Waals surface area contributed by atoms with E-state index in [9.17, 15) is 4.79 Å². The maximum absolute atomic E-state index is 11.3. The van der Waals surface area contributed by atoms with Gasteiger partial charge in [-0.1, -0.05) is 26.0 Å². The Bertz CT molecular complexity index is 407. The summed E-state index contributed by atoms with van der Waals surface area (Å²) in [5, 5.41) is 2.96. The molecule has 15 heavy (non-hydrogen) atoms. The van der Waals surface area contributed by atoms with Gasteiger partial charge in [-0.3, -0.25) is 4.79 Å². The van der Waals surface area contributed by atoms with Crippen LogP contribution in [-0.2, 0) is 11.2 Å². The van der Waals surface area contributed by atoms with Gasteiger partial charge in [-0.25, -0.2) is 0 Å². The summed E-state index contributed by atoms with van der Waals surface area (Å²) < 4.78 is 0. The van der Waals surface area contributed by atoms with Crippen LogP contribution in [0.4, 0.5) is 5.69 Å². The van der Waals surface area contributed by atoms with E-state index in [0.717, 1.165) is 12.1 Å². The number of rotatable bonds is 1. The van der Waals surface area contributed by atoms with Gasteiger partial charge in [0.1, 0.15) is 0 Å². The highest BCUT2D eigenvalue weighted by atomic mass is 16.1. The summed E-state index contributed by atoms with van der Waals surface area (Å²) in [5.41, 5.74) is 4.88. The first-order valence-electron chi connectivity index (χ1n) is 5.51. The summed E-state index contributed by atoms with van der Waals surface area (Å²) in [7, 11) is 0. The second-order valence-electron chi connectivity index (χ2n) is 4.57. The number of anilines is 1. The van der Waals surface area contributed by atoms with Gasteiger partial charge in [0.25, 0.3) is 0 Å². The van der Waals surface area contributed by atoms with Crippen molar-refractivity contribution in [3.05, 3.63) is 28.8 Å². The summed E-state index contributed by atoms with van der Waals surface area (Å²) in [6.07, 6.45) is 1.50. The van der Waals surface area contributed by atoms with E-state index in [2.05, 4.69) is 38.2 Å². The van der Waals surface area contributed by atoms with Crippen LogP contribution in [0.1, 0.15) is 42.9 Å². The molecule has 0 saturated heterocycles. The molecule has 2 heteroatoms. The molecule has 0 spiro atoms. The Labute approximate surface area is 90.7 Å². The van der Waals surface area contributed by atoms with E-state index in [0.29, 0.717) is 12.3 Å². The Morgan fingerprint density at radius 2 is 2.00 bits per heavy atom. The van der Waals surface area contributed by atoms with Crippen molar-refractivity contribution in [1.82, 2.24) is 0 Å². The highest BCUT2D eigenvalue weighted by Gasteiger charge is 2.17. The molecule has 0 fully saturated rings. The van der Waals surface area contributed by atoms with Gasteiger partial charge in [0.05, 0.1) is 0 Å². The smallest absolute Gasteiger partial charge is 0.224 e. The van der Waals surface area contributed by atoms with Gasteiger partial charge in [0.15, 0.2) is 0 Å². The number of amides is 1. The number of fused-ring (bicyclic) bond motifs is 1. The van der Waals surface area contributed by atoms with Crippen molar-refractivity contribution < 1.29 is 4.79 Å². The van der Waals surface area contributed by atoms with E-state index in [4.69, 9.17) is 0 Å². The number of carbonyl (C=O) groups excluding carboxylic acids is 1. The van der Waals surface area contributed by atoms with Crippen molar-refractivity contribution in [2.75, 3.05) is 5.32 Å². The average molecular weight is 203 g/mol. The number of hydrogen-bond donors (Lipinski definition) is 1. The molecule has 0 aliphatic carbocycles. The zero-order valence-corrected chi connectivity index (χ0v) is 9.55. The van der Waals surface area contributed by atoms with Crippen LogP contribution in [0.3, 0.4) is 0 Å². The lowest BCUT2D eigenvalue weighted by Crippen LogP contribution is -2.20. The lowest BCUT2D eigenvalue weighted by molar-refractivity contribution is -0.116. The molecular weight excluding hydrogens is 186 g/mol. The molecule has 0 saturated carbocycles. The molecule has 2 rings (SSSR count). The molecule has 1 amide bonds. The van der Waals surface area contributed by atoms with Crippen molar-refractivity contribution in [2.45, 2.75) is 39.5 Å². The van der Waals surface area contributed by atoms with Crippen LogP contribution in [0, 0.1) is 6.92 Å². The van der Waals surface area contributed by atoms with Gasteiger partial charge >= 0.3 is 0 Å². The Balaban J connectivity index is 2.47. The maximum Gasteiger partial charge on any atom is 0.224 e. The molecular formula is C13H17NO. The summed E-state index contributed by atoms with van der Waals surface area (Å²) in [5.74, 6) is 0.689. The molecule has 1 aromatic carbocycles. The topological polar surface area (TPSA) is 29.1 Å². The maximum atomic E-state index is 11.3. The standard InChI is InChI=1S/C13H17NO/c1-8(2)11-6-9(3)13-10(7-11)4-5-12(15)14-13/h6-8H,4-5H2,1-3H3,(H,14,15). The number of benzene rings is 1. The van der Waals surface area contributed by atoms with E-state index >= 15 is 0 Å². The van der Waals surface area contributed by atoms with Gasteiger partial charge in [-0.2, -0.15) is 0 Å². The van der Waals surface area contributed by atoms with Crippen molar-refractivity contribution in [1.29, 1.82) is 0 Å². The van der Waals surface area contributed by atoms with Gasteiger partial charge < -0.3 is 5.32 Å². The zero-order valence-electron chi connectivity index (χ0n) is 9.55. The number of hydrogen-bond acceptors (Lipinski definition) is 1. The first-order chi connectivity index (χ1) is 7.08. The van der Waals surface area contributed by atoms with Crippen LogP contribution in [0.15, 0.2) is 12.1 Å². The van der Waals surface area contributed by atoms with Crippen LogP contribution >= 0.6 is 0 Å². The van der Waals surface area contributed by atoms with Gasteiger partial charge in [0.2, 0.25) is 5.91 Å². The quantitative estimate of drug-likeness (QED) is 0.747. The van der Waals surface area contributed by atoms with E-state index in [1.807, 2.05) is 0 Å². The summed E-state index contributed by atoms with van der Waals surface area (Å²) in [6.45, 7) is 6.46. The first-order valence-corrected chi connectivity index (χ1v) is 5.51. The van der Waals surface area contributed by atoms with Gasteiger partial charge in [-0.05, 0) is 36.0 Å². The van der Waals surface area contributed by atoms with Crippen LogP contribution in [0.25, 0.3) is 0 Å². The van der Waals surface area contributed by atoms with Crippen molar-refractivity contribution in [2.24, 2.45) is 0 Å². The number of carbonyl (C=O) groups is 1. The molecule has 2 nitrogen and oxygen atoms in total. The van der Waals surface area contributed by atoms with Crippen molar-refractivity contribution in [3.8, 4) is 0 Å². The fraction of sp³-hybridized carbons (Fsp3) is 0.462. The highest BCUT2D eigenvalue weighted by Crippen LogP contribution is 2.30. The fourth-order valence-electron chi connectivity index (χ4n) is 2.05. The van der Waals surface area contributed by atoms with E-state index in [1.165, 1.54) is 16.7 Å². The normalized spacial score (nSPS) is 15.1. The molecule has 0 bridgehead atoms. The SMILES string of the molecule is Cc1cc(C(C)C)cc2c1NC(=O)CC2. The zero-order chi connectivity index (χ0) is 11.0. The molecule has 1 aromatic rings. The largest absolute Gasteiger partial charge is 0.326 e. The number of nitrogens with one attached hydrogen (secondary N) is 1. The highest BCUT2D eigenvalue weighted by molar-refractivity contribution is 5.94. The van der Waals surface area contributed by atoms with Crippen LogP contribution in [-0.4, -0.2) is 5.91 Å². The molecule has 1 N–H and O–H groups in total. The third-order valence-corrected chi connectivity index (χ3v) is 2.99. The third-order valence-electron chi connectivity index (χ3n) is 2.99.